The Bertz CT molecular complexity index is 1160. The van der Waals surface area contributed by atoms with E-state index < -0.39 is 90.7 Å². The van der Waals surface area contributed by atoms with Gasteiger partial charge < -0.3 is 54.7 Å². The van der Waals surface area contributed by atoms with Gasteiger partial charge in [0.1, 0.15) is 36.3 Å². The quantitative estimate of drug-likeness (QED) is 0.130. The molecule has 0 radical (unpaired) electrons. The van der Waals surface area contributed by atoms with Gasteiger partial charge in [0.25, 0.3) is 0 Å². The van der Waals surface area contributed by atoms with Crippen LogP contribution in [-0.4, -0.2) is 117 Å². The number of benzene rings is 1. The molecule has 7 N–H and O–H groups in total. The maximum Gasteiger partial charge on any atom is 0.335 e. The predicted octanol–water partition coefficient (Wildman–Crippen LogP) is -0.443. The minimum atomic E-state index is -1.62. The zero-order chi connectivity index (χ0) is 32.3. The molecule has 1 aromatic carbocycles. The summed E-state index contributed by atoms with van der Waals surface area (Å²) in [5.41, 5.74) is -0.0799. The Labute approximate surface area is 255 Å². The number of phenols is 1. The Morgan fingerprint density at radius 3 is 2.36 bits per heavy atom. The first kappa shape index (κ1) is 34.3. The molecule has 1 aromatic rings. The summed E-state index contributed by atoms with van der Waals surface area (Å²) in [5.74, 6) is -3.07. The average Bonchev–Trinajstić information content (AvgIpc) is 3.00. The van der Waals surface area contributed by atoms with Crippen molar-refractivity contribution in [2.75, 3.05) is 20.3 Å². The van der Waals surface area contributed by atoms with Gasteiger partial charge in [0.05, 0.1) is 26.4 Å². The van der Waals surface area contributed by atoms with Crippen molar-refractivity contribution in [1.82, 2.24) is 0 Å². The highest BCUT2D eigenvalue weighted by Crippen LogP contribution is 2.56. The van der Waals surface area contributed by atoms with Crippen molar-refractivity contribution in [3.05, 3.63) is 42.0 Å². The number of carbonyl (C=O) groups is 2. The van der Waals surface area contributed by atoms with Crippen LogP contribution >= 0.6 is 0 Å². The van der Waals surface area contributed by atoms with Gasteiger partial charge in [-0.1, -0.05) is 25.6 Å². The number of aliphatic hydroxyl groups is 6. The van der Waals surface area contributed by atoms with Crippen LogP contribution in [0.2, 0.25) is 0 Å². The smallest absolute Gasteiger partial charge is 0.335 e. The van der Waals surface area contributed by atoms with Gasteiger partial charge in [0, 0.05) is 23.3 Å². The van der Waals surface area contributed by atoms with E-state index in [1.807, 2.05) is 6.92 Å². The number of aliphatic hydroxyl groups excluding tert-OH is 6. The second-order valence-corrected chi connectivity index (χ2v) is 12.4. The number of ether oxygens (including phenoxy) is 4. The van der Waals surface area contributed by atoms with Crippen molar-refractivity contribution in [3.8, 4) is 5.75 Å². The maximum absolute atomic E-state index is 13.1. The zero-order valence-electron chi connectivity index (χ0n) is 24.9. The van der Waals surface area contributed by atoms with Crippen LogP contribution in [0.1, 0.15) is 38.2 Å². The normalized spacial score (nSPS) is 37.8. The second kappa shape index (κ2) is 14.2. The van der Waals surface area contributed by atoms with Crippen LogP contribution in [0, 0.1) is 23.2 Å². The summed E-state index contributed by atoms with van der Waals surface area (Å²) in [6.45, 7) is 5.05. The lowest BCUT2D eigenvalue weighted by atomic mass is 9.52. The van der Waals surface area contributed by atoms with Gasteiger partial charge in [0.2, 0.25) is 0 Å². The molecule has 13 heteroatoms. The van der Waals surface area contributed by atoms with Gasteiger partial charge in [-0.2, -0.15) is 0 Å². The van der Waals surface area contributed by atoms with Crippen molar-refractivity contribution < 1.29 is 64.3 Å². The maximum atomic E-state index is 13.1. The molecule has 246 valence electrons. The lowest BCUT2D eigenvalue weighted by molar-refractivity contribution is -0.307. The van der Waals surface area contributed by atoms with E-state index in [1.165, 1.54) is 19.2 Å². The third kappa shape index (κ3) is 6.95. The number of carbonyl (C=O) groups excluding carboxylic acids is 2. The summed E-state index contributed by atoms with van der Waals surface area (Å²) in [5, 5.41) is 72.1. The van der Waals surface area contributed by atoms with Crippen molar-refractivity contribution >= 4 is 11.9 Å². The Morgan fingerprint density at radius 2 is 1.73 bits per heavy atom. The summed E-state index contributed by atoms with van der Waals surface area (Å²) < 4.78 is 22.1. The second-order valence-electron chi connectivity index (χ2n) is 12.4. The lowest BCUT2D eigenvalue weighted by Crippen LogP contribution is -2.61. The Kier molecular flexibility index (Phi) is 11.1. The minimum absolute atomic E-state index is 0.0226. The number of aromatic hydroxyl groups is 1. The van der Waals surface area contributed by atoms with E-state index in [-0.39, 0.29) is 24.4 Å². The van der Waals surface area contributed by atoms with Gasteiger partial charge >= 0.3 is 11.9 Å². The number of fused-ring (bicyclic) bond motifs is 1. The zero-order valence-corrected chi connectivity index (χ0v) is 24.9. The van der Waals surface area contributed by atoms with Crippen LogP contribution in [0.4, 0.5) is 0 Å². The van der Waals surface area contributed by atoms with Crippen molar-refractivity contribution in [1.29, 1.82) is 0 Å². The summed E-state index contributed by atoms with van der Waals surface area (Å²) >= 11 is 0. The van der Waals surface area contributed by atoms with Crippen LogP contribution < -0.4 is 0 Å². The first-order valence-corrected chi connectivity index (χ1v) is 14.9. The number of phenolic OH excluding ortho intramolecular Hbond substituents is 1. The highest BCUT2D eigenvalue weighted by molar-refractivity contribution is 5.88. The molecule has 2 unspecified atom stereocenters. The predicted molar refractivity (Wildman–Crippen MR) is 152 cm³/mol. The minimum Gasteiger partial charge on any atom is -0.508 e. The van der Waals surface area contributed by atoms with E-state index in [9.17, 15) is 45.3 Å². The summed E-state index contributed by atoms with van der Waals surface area (Å²) in [6, 6.07) is 6.09. The molecule has 3 aliphatic rings. The largest absolute Gasteiger partial charge is 0.508 e. The Morgan fingerprint density at radius 1 is 1.05 bits per heavy atom. The third-order valence-electron chi connectivity index (χ3n) is 9.69. The molecular formula is C31H44O13. The first-order valence-electron chi connectivity index (χ1n) is 14.9. The molecule has 1 heterocycles. The van der Waals surface area contributed by atoms with Crippen molar-refractivity contribution in [3.63, 3.8) is 0 Å². The molecule has 1 aliphatic heterocycles. The topological polar surface area (TPSA) is 213 Å². The van der Waals surface area contributed by atoms with E-state index in [1.54, 1.807) is 12.1 Å². The van der Waals surface area contributed by atoms with Gasteiger partial charge in [-0.3, -0.25) is 0 Å². The number of hydrogen-bond donors (Lipinski definition) is 7. The lowest BCUT2D eigenvalue weighted by Gasteiger charge is -2.56. The highest BCUT2D eigenvalue weighted by Gasteiger charge is 2.58. The van der Waals surface area contributed by atoms with Gasteiger partial charge in [-0.25, -0.2) is 9.59 Å². The molecule has 4 rings (SSSR count). The average molecular weight is 625 g/mol. The number of hydrogen-bond acceptors (Lipinski definition) is 13. The summed E-state index contributed by atoms with van der Waals surface area (Å²) in [6.07, 6.45) is -9.05. The molecule has 0 amide bonds. The molecule has 0 aromatic heterocycles. The number of methoxy groups -OCH3 is 1. The van der Waals surface area contributed by atoms with E-state index in [4.69, 9.17) is 18.9 Å². The molecule has 0 spiro atoms. The molecular weight excluding hydrogens is 580 g/mol. The molecule has 1 saturated heterocycles. The van der Waals surface area contributed by atoms with Crippen molar-refractivity contribution in [2.24, 2.45) is 23.2 Å². The van der Waals surface area contributed by atoms with Crippen LogP contribution in [0.15, 0.2) is 36.4 Å². The van der Waals surface area contributed by atoms with Crippen LogP contribution in [0.3, 0.4) is 0 Å². The Balaban J connectivity index is 1.53. The van der Waals surface area contributed by atoms with Crippen LogP contribution in [-0.2, 0) is 35.0 Å². The monoisotopic (exact) mass is 624 g/mol. The van der Waals surface area contributed by atoms with E-state index in [0.29, 0.717) is 31.2 Å². The third-order valence-corrected chi connectivity index (χ3v) is 9.69. The van der Waals surface area contributed by atoms with Gasteiger partial charge in [0.15, 0.2) is 12.4 Å². The molecule has 2 saturated carbocycles. The van der Waals surface area contributed by atoms with Crippen molar-refractivity contribution in [2.45, 2.75) is 88.0 Å². The molecule has 12 atom stereocenters. The SMILES string of the molecule is C=C(C(=O)OC)[C@@H]1CC[C@]2(C)[C@H](C(CO[C@@H]3O[C@H](CO)[C@@H](O)[C@H](O)[C@H]3O)CC[C@H]2OC(=O)C(O)Cc2ccc(O)cc2)[C@H]1O. The fourth-order valence-electron chi connectivity index (χ4n) is 7.14. The van der Waals surface area contributed by atoms with Gasteiger partial charge in [-0.15, -0.1) is 0 Å². The Hall–Kier alpha value is -2.62. The number of esters is 2. The standard InChI is InChI=1S/C31H44O13/c1-15(28(39)41-3)19-10-11-31(2)22(44-29(40)20(34)12-16-4-7-18(33)8-5-16)9-6-17(23(31)24(19)35)14-42-30-27(38)26(37)25(36)21(13-32)43-30/h4-5,7-8,17,19-27,30,32-38H,1,6,9-14H2,2-3H3/t17?,19-,20?,21+,22+,23+,24-,25+,26-,27+,30+,31-/m0/s1. The molecule has 3 fully saturated rings. The summed E-state index contributed by atoms with van der Waals surface area (Å²) in [7, 11) is 1.23. The van der Waals surface area contributed by atoms with Gasteiger partial charge in [-0.05, 0) is 55.2 Å². The molecule has 44 heavy (non-hydrogen) atoms. The fourth-order valence-corrected chi connectivity index (χ4v) is 7.14. The number of rotatable bonds is 10. The summed E-state index contributed by atoms with van der Waals surface area (Å²) in [4.78, 5) is 25.4. The van der Waals surface area contributed by atoms with E-state index >= 15 is 0 Å². The van der Waals surface area contributed by atoms with E-state index in [2.05, 4.69) is 6.58 Å². The first-order chi connectivity index (χ1) is 20.8. The highest BCUT2D eigenvalue weighted by atomic mass is 16.7. The molecule has 2 aliphatic carbocycles. The molecule has 0 bridgehead atoms. The van der Waals surface area contributed by atoms with E-state index in [0.717, 1.165) is 0 Å². The van der Waals surface area contributed by atoms with Crippen LogP contribution in [0.5, 0.6) is 5.75 Å². The fraction of sp³-hybridized carbons (Fsp3) is 0.677. The molecule has 13 nitrogen and oxygen atoms in total. The van der Waals surface area contributed by atoms with Crippen LogP contribution in [0.25, 0.3) is 0 Å².